The summed E-state index contributed by atoms with van der Waals surface area (Å²) in [6.07, 6.45) is 1.60. The van der Waals surface area contributed by atoms with Crippen LogP contribution in [0.5, 0.6) is 0 Å². The molecule has 0 saturated carbocycles. The van der Waals surface area contributed by atoms with Gasteiger partial charge in [-0.05, 0) is 28.5 Å². The van der Waals surface area contributed by atoms with Gasteiger partial charge in [-0.1, -0.05) is 12.1 Å². The number of aromatic nitrogens is 3. The number of hydrogen-bond acceptors (Lipinski definition) is 3. The van der Waals surface area contributed by atoms with Gasteiger partial charge in [-0.2, -0.15) is 0 Å². The van der Waals surface area contributed by atoms with E-state index in [2.05, 4.69) is 31.6 Å². The van der Waals surface area contributed by atoms with Crippen LogP contribution in [0.3, 0.4) is 0 Å². The molecule has 0 saturated heterocycles. The molecular weight excluding hydrogens is 306 g/mol. The molecule has 0 aliphatic rings. The largest absolute Gasteiger partial charge is 0.311 e. The van der Waals surface area contributed by atoms with E-state index in [4.69, 9.17) is 0 Å². The standard InChI is InChI=1S/C11H11BrF2N4/c1-2-15-5-8-6-18(17-16-8)11-9(12)3-7(13)4-10(11)14/h3-4,6,15H,2,5H2,1H3. The molecule has 96 valence electrons. The average Bonchev–Trinajstić information content (AvgIpc) is 2.73. The Morgan fingerprint density at radius 1 is 1.39 bits per heavy atom. The van der Waals surface area contributed by atoms with Gasteiger partial charge in [0.15, 0.2) is 5.82 Å². The fraction of sp³-hybridized carbons (Fsp3) is 0.273. The van der Waals surface area contributed by atoms with Crippen molar-refractivity contribution in [2.45, 2.75) is 13.5 Å². The first kappa shape index (κ1) is 13.1. The molecule has 4 nitrogen and oxygen atoms in total. The first-order valence-electron chi connectivity index (χ1n) is 5.38. The molecule has 0 aliphatic carbocycles. The van der Waals surface area contributed by atoms with Gasteiger partial charge in [0.2, 0.25) is 0 Å². The van der Waals surface area contributed by atoms with E-state index in [-0.39, 0.29) is 5.69 Å². The molecule has 0 unspecified atom stereocenters. The number of hydrogen-bond donors (Lipinski definition) is 1. The Kier molecular flexibility index (Phi) is 4.03. The van der Waals surface area contributed by atoms with Gasteiger partial charge in [0, 0.05) is 17.1 Å². The van der Waals surface area contributed by atoms with Crippen LogP contribution in [-0.4, -0.2) is 21.5 Å². The molecule has 0 fully saturated rings. The molecule has 1 aromatic heterocycles. The summed E-state index contributed by atoms with van der Waals surface area (Å²) < 4.78 is 28.2. The van der Waals surface area contributed by atoms with Crippen molar-refractivity contribution in [3.8, 4) is 5.69 Å². The Morgan fingerprint density at radius 2 is 2.17 bits per heavy atom. The van der Waals surface area contributed by atoms with Gasteiger partial charge in [-0.3, -0.25) is 0 Å². The van der Waals surface area contributed by atoms with Gasteiger partial charge in [-0.15, -0.1) is 5.10 Å². The van der Waals surface area contributed by atoms with Gasteiger partial charge in [-0.25, -0.2) is 13.5 Å². The summed E-state index contributed by atoms with van der Waals surface area (Å²) in [6, 6.07) is 2.00. The van der Waals surface area contributed by atoms with Gasteiger partial charge < -0.3 is 5.32 Å². The molecule has 18 heavy (non-hydrogen) atoms. The lowest BCUT2D eigenvalue weighted by molar-refractivity contribution is 0.570. The third-order valence-electron chi connectivity index (χ3n) is 2.31. The smallest absolute Gasteiger partial charge is 0.152 e. The molecule has 2 rings (SSSR count). The maximum atomic E-state index is 13.7. The van der Waals surface area contributed by atoms with Crippen LogP contribution in [0.15, 0.2) is 22.8 Å². The highest BCUT2D eigenvalue weighted by atomic mass is 79.9. The third kappa shape index (κ3) is 2.73. The maximum absolute atomic E-state index is 13.7. The van der Waals surface area contributed by atoms with Crippen LogP contribution in [0, 0.1) is 11.6 Å². The molecule has 0 aliphatic heterocycles. The summed E-state index contributed by atoms with van der Waals surface area (Å²) in [7, 11) is 0. The highest BCUT2D eigenvalue weighted by molar-refractivity contribution is 9.10. The van der Waals surface area contributed by atoms with Crippen LogP contribution in [0.2, 0.25) is 0 Å². The molecule has 1 heterocycles. The minimum Gasteiger partial charge on any atom is -0.311 e. The van der Waals surface area contributed by atoms with Gasteiger partial charge in [0.05, 0.1) is 11.9 Å². The predicted molar refractivity (Wildman–Crippen MR) is 66.4 cm³/mol. The Bertz CT molecular complexity index is 533. The van der Waals surface area contributed by atoms with Crippen LogP contribution in [0.1, 0.15) is 12.6 Å². The van der Waals surface area contributed by atoms with Crippen LogP contribution in [0.4, 0.5) is 8.78 Å². The first-order valence-corrected chi connectivity index (χ1v) is 6.18. The molecule has 1 aromatic carbocycles. The van der Waals surface area contributed by atoms with E-state index in [0.29, 0.717) is 16.7 Å². The Hall–Kier alpha value is -1.34. The molecule has 0 atom stereocenters. The predicted octanol–water partition coefficient (Wildman–Crippen LogP) is 2.42. The van der Waals surface area contributed by atoms with Crippen molar-refractivity contribution < 1.29 is 8.78 Å². The fourth-order valence-corrected chi connectivity index (χ4v) is 2.08. The van der Waals surface area contributed by atoms with Crippen molar-refractivity contribution in [3.63, 3.8) is 0 Å². The first-order chi connectivity index (χ1) is 8.61. The van der Waals surface area contributed by atoms with Gasteiger partial charge in [0.1, 0.15) is 11.5 Å². The number of rotatable bonds is 4. The van der Waals surface area contributed by atoms with Crippen molar-refractivity contribution in [2.24, 2.45) is 0 Å². The van der Waals surface area contributed by atoms with E-state index >= 15 is 0 Å². The Balaban J connectivity index is 2.34. The molecule has 0 amide bonds. The summed E-state index contributed by atoms with van der Waals surface area (Å²) in [6.45, 7) is 3.33. The van der Waals surface area contributed by atoms with Crippen molar-refractivity contribution in [2.75, 3.05) is 6.54 Å². The van der Waals surface area contributed by atoms with E-state index in [9.17, 15) is 8.78 Å². The zero-order valence-electron chi connectivity index (χ0n) is 9.62. The minimum atomic E-state index is -0.693. The lowest BCUT2D eigenvalue weighted by Gasteiger charge is -2.05. The maximum Gasteiger partial charge on any atom is 0.152 e. The fourth-order valence-electron chi connectivity index (χ4n) is 1.50. The van der Waals surface area contributed by atoms with Crippen molar-refractivity contribution >= 4 is 15.9 Å². The van der Waals surface area contributed by atoms with Gasteiger partial charge in [0.25, 0.3) is 0 Å². The second-order valence-corrected chi connectivity index (χ2v) is 4.51. The zero-order chi connectivity index (χ0) is 13.1. The lowest BCUT2D eigenvalue weighted by Crippen LogP contribution is -2.11. The summed E-state index contributed by atoms with van der Waals surface area (Å²) in [5, 5.41) is 10.8. The second-order valence-electron chi connectivity index (χ2n) is 3.65. The zero-order valence-corrected chi connectivity index (χ0v) is 11.2. The SMILES string of the molecule is CCNCc1cn(-c2c(F)cc(F)cc2Br)nn1. The monoisotopic (exact) mass is 316 g/mol. The van der Waals surface area contributed by atoms with Crippen LogP contribution >= 0.6 is 15.9 Å². The van der Waals surface area contributed by atoms with Crippen LogP contribution in [-0.2, 0) is 6.54 Å². The molecule has 7 heteroatoms. The summed E-state index contributed by atoms with van der Waals surface area (Å²) in [5.41, 5.74) is 0.833. The van der Waals surface area contributed by atoms with Crippen LogP contribution < -0.4 is 5.32 Å². The summed E-state index contributed by atoms with van der Waals surface area (Å²) >= 11 is 3.11. The Morgan fingerprint density at radius 3 is 2.83 bits per heavy atom. The normalized spacial score (nSPS) is 10.9. The van der Waals surface area contributed by atoms with E-state index in [1.165, 1.54) is 10.7 Å². The van der Waals surface area contributed by atoms with E-state index in [1.54, 1.807) is 6.20 Å². The quantitative estimate of drug-likeness (QED) is 0.942. The van der Waals surface area contributed by atoms with Crippen molar-refractivity contribution in [1.82, 2.24) is 20.3 Å². The summed E-state index contributed by atoms with van der Waals surface area (Å²) in [5.74, 6) is -1.34. The van der Waals surface area contributed by atoms with Crippen LogP contribution in [0.25, 0.3) is 5.69 Å². The highest BCUT2D eigenvalue weighted by Crippen LogP contribution is 2.24. The second kappa shape index (κ2) is 5.53. The minimum absolute atomic E-state index is 0.145. The van der Waals surface area contributed by atoms with E-state index < -0.39 is 11.6 Å². The Labute approximate surface area is 111 Å². The molecule has 0 spiro atoms. The van der Waals surface area contributed by atoms with E-state index in [0.717, 1.165) is 12.6 Å². The third-order valence-corrected chi connectivity index (χ3v) is 2.91. The average molecular weight is 317 g/mol. The molecule has 2 aromatic rings. The number of benzene rings is 1. The van der Waals surface area contributed by atoms with Gasteiger partial charge >= 0.3 is 0 Å². The highest BCUT2D eigenvalue weighted by Gasteiger charge is 2.13. The molecule has 0 bridgehead atoms. The molecular formula is C11H11BrF2N4. The lowest BCUT2D eigenvalue weighted by atomic mass is 10.3. The number of halogens is 3. The topological polar surface area (TPSA) is 42.7 Å². The number of nitrogens with zero attached hydrogens (tertiary/aromatic N) is 3. The molecule has 1 N–H and O–H groups in total. The number of nitrogens with one attached hydrogen (secondary N) is 1. The molecule has 0 radical (unpaired) electrons. The summed E-state index contributed by atoms with van der Waals surface area (Å²) in [4.78, 5) is 0. The van der Waals surface area contributed by atoms with Crippen molar-refractivity contribution in [1.29, 1.82) is 0 Å². The van der Waals surface area contributed by atoms with E-state index in [1.807, 2.05) is 6.92 Å². The van der Waals surface area contributed by atoms with Crippen molar-refractivity contribution in [3.05, 3.63) is 40.1 Å².